The number of carbonyl (C=O) groups excluding carboxylic acids is 1. The zero-order valence-corrected chi connectivity index (χ0v) is 14.8. The molecule has 4 aromatic rings. The van der Waals surface area contributed by atoms with E-state index < -0.39 is 5.97 Å². The van der Waals surface area contributed by atoms with Crippen LogP contribution in [0.15, 0.2) is 48.7 Å². The summed E-state index contributed by atoms with van der Waals surface area (Å²) in [5.74, 6) is -0.756. The van der Waals surface area contributed by atoms with Crippen LogP contribution >= 0.6 is 11.3 Å². The van der Waals surface area contributed by atoms with Gasteiger partial charge in [-0.3, -0.25) is 4.98 Å². The third-order valence-corrected chi connectivity index (χ3v) is 5.47. The molecule has 1 fully saturated rings. The van der Waals surface area contributed by atoms with E-state index in [-0.39, 0.29) is 17.6 Å². The Morgan fingerprint density at radius 3 is 2.78 bits per heavy atom. The summed E-state index contributed by atoms with van der Waals surface area (Å²) in [6, 6.07) is 11.9. The molecule has 0 spiro atoms. The van der Waals surface area contributed by atoms with Crippen LogP contribution < -0.4 is 4.90 Å². The fourth-order valence-electron chi connectivity index (χ4n) is 2.96. The van der Waals surface area contributed by atoms with Crippen molar-refractivity contribution in [2.45, 2.75) is 6.10 Å². The minimum absolute atomic E-state index is 0.197. The van der Waals surface area contributed by atoms with Gasteiger partial charge in [-0.25, -0.2) is 19.2 Å². The maximum absolute atomic E-state index is 13.3. The Balaban J connectivity index is 1.25. The second-order valence-electron chi connectivity index (χ2n) is 6.28. The van der Waals surface area contributed by atoms with Crippen LogP contribution in [0.25, 0.3) is 21.3 Å². The molecular weight excluding hydrogens is 367 g/mol. The number of halogens is 1. The number of esters is 1. The lowest BCUT2D eigenvalue weighted by atomic mass is 10.2. The van der Waals surface area contributed by atoms with Gasteiger partial charge in [0, 0.05) is 0 Å². The second-order valence-corrected chi connectivity index (χ2v) is 7.29. The van der Waals surface area contributed by atoms with Crippen molar-refractivity contribution in [3.05, 3.63) is 60.2 Å². The molecule has 134 valence electrons. The molecule has 0 N–H and O–H groups in total. The largest absolute Gasteiger partial charge is 0.454 e. The fourth-order valence-corrected chi connectivity index (χ4v) is 3.97. The van der Waals surface area contributed by atoms with Gasteiger partial charge in [-0.05, 0) is 30.3 Å². The number of hydrogen-bond acceptors (Lipinski definition) is 7. The molecule has 5 rings (SSSR count). The lowest BCUT2D eigenvalue weighted by molar-refractivity contribution is 0.0227. The first-order valence-electron chi connectivity index (χ1n) is 8.39. The van der Waals surface area contributed by atoms with Gasteiger partial charge < -0.3 is 9.64 Å². The maximum Gasteiger partial charge on any atom is 0.358 e. The summed E-state index contributed by atoms with van der Waals surface area (Å²) in [5.41, 5.74) is 2.35. The number of aromatic nitrogens is 3. The second kappa shape index (κ2) is 6.24. The number of nitrogens with zero attached hydrogens (tertiary/aromatic N) is 4. The van der Waals surface area contributed by atoms with E-state index in [1.165, 1.54) is 29.7 Å². The van der Waals surface area contributed by atoms with E-state index in [1.807, 2.05) is 23.1 Å². The van der Waals surface area contributed by atoms with Gasteiger partial charge in [-0.15, -0.1) is 0 Å². The highest BCUT2D eigenvalue weighted by Gasteiger charge is 2.32. The molecule has 6 nitrogen and oxygen atoms in total. The number of thiazole rings is 1. The number of benzene rings is 2. The quantitative estimate of drug-likeness (QED) is 0.507. The van der Waals surface area contributed by atoms with Crippen molar-refractivity contribution < 1.29 is 13.9 Å². The first-order valence-corrected chi connectivity index (χ1v) is 9.21. The minimum Gasteiger partial charge on any atom is -0.454 e. The highest BCUT2D eigenvalue weighted by Crippen LogP contribution is 2.32. The molecule has 0 radical (unpaired) electrons. The molecule has 0 unspecified atom stereocenters. The monoisotopic (exact) mass is 380 g/mol. The fraction of sp³-hybridized carbons (Fsp3) is 0.158. The molecule has 2 aromatic heterocycles. The number of anilines is 1. The Kier molecular flexibility index (Phi) is 3.71. The topological polar surface area (TPSA) is 68.2 Å². The van der Waals surface area contributed by atoms with E-state index in [1.54, 1.807) is 12.1 Å². The van der Waals surface area contributed by atoms with Crippen LogP contribution in [0.1, 0.15) is 10.5 Å². The number of rotatable bonds is 3. The predicted octanol–water partition coefficient (Wildman–Crippen LogP) is 3.42. The van der Waals surface area contributed by atoms with Crippen LogP contribution in [0.5, 0.6) is 0 Å². The summed E-state index contributed by atoms with van der Waals surface area (Å²) in [6.07, 6.45) is 1.21. The van der Waals surface area contributed by atoms with Crippen LogP contribution in [0.3, 0.4) is 0 Å². The Hall–Kier alpha value is -3.13. The number of ether oxygens (including phenoxy) is 1. The Labute approximate surface area is 157 Å². The molecule has 27 heavy (non-hydrogen) atoms. The smallest absolute Gasteiger partial charge is 0.358 e. The van der Waals surface area contributed by atoms with E-state index in [4.69, 9.17) is 4.74 Å². The normalized spacial score (nSPS) is 14.5. The highest BCUT2D eigenvalue weighted by atomic mass is 32.1. The third-order valence-electron chi connectivity index (χ3n) is 4.39. The first-order chi connectivity index (χ1) is 13.2. The van der Waals surface area contributed by atoms with Gasteiger partial charge in [-0.1, -0.05) is 23.5 Å². The van der Waals surface area contributed by atoms with Gasteiger partial charge in [0.25, 0.3) is 0 Å². The summed E-state index contributed by atoms with van der Waals surface area (Å²) >= 11 is 1.43. The van der Waals surface area contributed by atoms with Gasteiger partial charge in [0.05, 0.1) is 40.5 Å². The van der Waals surface area contributed by atoms with Gasteiger partial charge in [0.1, 0.15) is 11.9 Å². The van der Waals surface area contributed by atoms with Crippen molar-refractivity contribution in [1.29, 1.82) is 0 Å². The molecule has 8 heteroatoms. The average Bonchev–Trinajstić information content (AvgIpc) is 3.06. The van der Waals surface area contributed by atoms with Crippen molar-refractivity contribution in [1.82, 2.24) is 15.0 Å². The zero-order chi connectivity index (χ0) is 18.4. The summed E-state index contributed by atoms with van der Waals surface area (Å²) in [6.45, 7) is 1.10. The van der Waals surface area contributed by atoms with Crippen molar-refractivity contribution in [2.75, 3.05) is 18.0 Å². The van der Waals surface area contributed by atoms with Crippen molar-refractivity contribution in [2.24, 2.45) is 0 Å². The van der Waals surface area contributed by atoms with Gasteiger partial charge in [0.2, 0.25) is 0 Å². The summed E-state index contributed by atoms with van der Waals surface area (Å²) in [4.78, 5) is 27.4. The van der Waals surface area contributed by atoms with Crippen LogP contribution in [0, 0.1) is 5.82 Å². The maximum atomic E-state index is 13.3. The van der Waals surface area contributed by atoms with Gasteiger partial charge in [0.15, 0.2) is 10.8 Å². The van der Waals surface area contributed by atoms with E-state index in [9.17, 15) is 9.18 Å². The van der Waals surface area contributed by atoms with Crippen LogP contribution in [0.4, 0.5) is 9.52 Å². The minimum atomic E-state index is -0.482. The van der Waals surface area contributed by atoms with Crippen LogP contribution in [-0.4, -0.2) is 40.1 Å². The number of para-hydroxylation sites is 2. The molecule has 1 saturated heterocycles. The molecule has 0 saturated carbocycles. The zero-order valence-electron chi connectivity index (χ0n) is 14.0. The molecular formula is C19H13FN4O2S. The molecule has 0 bridgehead atoms. The van der Waals surface area contributed by atoms with Crippen LogP contribution in [-0.2, 0) is 4.74 Å². The first kappa shape index (κ1) is 16.1. The molecule has 0 amide bonds. The molecule has 2 aromatic carbocycles. The third kappa shape index (κ3) is 2.97. The van der Waals surface area contributed by atoms with E-state index in [2.05, 4.69) is 15.0 Å². The number of carbonyl (C=O) groups is 1. The standard InChI is InChI=1S/C19H13FN4O2S/c20-11-5-6-15-17(7-11)27-19(23-15)24-9-12(10-24)26-18(25)16-8-21-13-3-1-2-4-14(13)22-16/h1-8,12H,9-10H2. The molecule has 1 aliphatic heterocycles. The highest BCUT2D eigenvalue weighted by molar-refractivity contribution is 7.22. The summed E-state index contributed by atoms with van der Waals surface area (Å²) in [5, 5.41) is 0.799. The summed E-state index contributed by atoms with van der Waals surface area (Å²) < 4.78 is 19.6. The van der Waals surface area contributed by atoms with E-state index in [0.29, 0.717) is 18.6 Å². The van der Waals surface area contributed by atoms with Crippen molar-refractivity contribution in [3.63, 3.8) is 0 Å². The van der Waals surface area contributed by atoms with Gasteiger partial charge >= 0.3 is 5.97 Å². The molecule has 1 aliphatic rings. The lowest BCUT2D eigenvalue weighted by Crippen LogP contribution is -2.53. The number of hydrogen-bond donors (Lipinski definition) is 0. The van der Waals surface area contributed by atoms with Gasteiger partial charge in [-0.2, -0.15) is 0 Å². The lowest BCUT2D eigenvalue weighted by Gasteiger charge is -2.37. The Morgan fingerprint density at radius 1 is 1.11 bits per heavy atom. The Morgan fingerprint density at radius 2 is 1.93 bits per heavy atom. The van der Waals surface area contributed by atoms with Crippen molar-refractivity contribution >= 4 is 43.7 Å². The average molecular weight is 380 g/mol. The molecule has 0 aliphatic carbocycles. The van der Waals surface area contributed by atoms with Crippen LogP contribution in [0.2, 0.25) is 0 Å². The molecule has 0 atom stereocenters. The number of fused-ring (bicyclic) bond motifs is 2. The predicted molar refractivity (Wildman–Crippen MR) is 101 cm³/mol. The SMILES string of the molecule is O=C(OC1CN(c2nc3ccc(F)cc3s2)C1)c1cnc2ccccc2n1. The van der Waals surface area contributed by atoms with E-state index >= 15 is 0 Å². The molecule has 3 heterocycles. The van der Waals surface area contributed by atoms with E-state index in [0.717, 1.165) is 20.9 Å². The Bertz CT molecular complexity index is 1170. The summed E-state index contributed by atoms with van der Waals surface area (Å²) in [7, 11) is 0. The van der Waals surface area contributed by atoms with Crippen molar-refractivity contribution in [3.8, 4) is 0 Å².